The SMILES string of the molecule is COc1ccc(C2(CNC(C)C)CC2)c(OC)c1C. The van der Waals surface area contributed by atoms with Gasteiger partial charge in [0.05, 0.1) is 14.2 Å². The van der Waals surface area contributed by atoms with Gasteiger partial charge in [0.1, 0.15) is 11.5 Å². The van der Waals surface area contributed by atoms with Gasteiger partial charge in [-0.2, -0.15) is 0 Å². The molecule has 1 aliphatic rings. The summed E-state index contributed by atoms with van der Waals surface area (Å²) in [6, 6.07) is 4.74. The molecule has 1 fully saturated rings. The van der Waals surface area contributed by atoms with E-state index in [1.807, 2.05) is 0 Å². The molecule has 0 heterocycles. The van der Waals surface area contributed by atoms with Crippen LogP contribution >= 0.6 is 0 Å². The molecule has 2 rings (SSSR count). The van der Waals surface area contributed by atoms with Crippen LogP contribution in [0.1, 0.15) is 37.8 Å². The van der Waals surface area contributed by atoms with Gasteiger partial charge in [-0.1, -0.05) is 19.9 Å². The van der Waals surface area contributed by atoms with Gasteiger partial charge in [0, 0.05) is 29.1 Å². The van der Waals surface area contributed by atoms with E-state index in [1.54, 1.807) is 14.2 Å². The van der Waals surface area contributed by atoms with Crippen LogP contribution in [0.4, 0.5) is 0 Å². The van der Waals surface area contributed by atoms with Crippen molar-refractivity contribution in [3.63, 3.8) is 0 Å². The van der Waals surface area contributed by atoms with E-state index < -0.39 is 0 Å². The summed E-state index contributed by atoms with van der Waals surface area (Å²) in [6.07, 6.45) is 2.46. The number of hydrogen-bond acceptors (Lipinski definition) is 3. The highest BCUT2D eigenvalue weighted by Gasteiger charge is 2.46. The van der Waals surface area contributed by atoms with Crippen molar-refractivity contribution in [2.24, 2.45) is 0 Å². The van der Waals surface area contributed by atoms with E-state index in [-0.39, 0.29) is 5.41 Å². The molecule has 3 heteroatoms. The molecule has 3 nitrogen and oxygen atoms in total. The van der Waals surface area contributed by atoms with Crippen molar-refractivity contribution in [2.75, 3.05) is 20.8 Å². The Kier molecular flexibility index (Phi) is 4.04. The van der Waals surface area contributed by atoms with Crippen molar-refractivity contribution in [3.05, 3.63) is 23.3 Å². The maximum absolute atomic E-state index is 5.64. The third-order valence-corrected chi connectivity index (χ3v) is 4.05. The Morgan fingerprint density at radius 3 is 2.37 bits per heavy atom. The minimum absolute atomic E-state index is 0.257. The van der Waals surface area contributed by atoms with E-state index in [1.165, 1.54) is 18.4 Å². The molecule has 0 aliphatic heterocycles. The standard InChI is InChI=1S/C16H25NO2/c1-11(2)17-10-16(8-9-16)13-6-7-14(18-4)12(3)15(13)19-5/h6-7,11,17H,8-10H2,1-5H3. The molecule has 1 saturated carbocycles. The molecule has 1 aromatic carbocycles. The molecule has 1 N–H and O–H groups in total. The van der Waals surface area contributed by atoms with Crippen LogP contribution < -0.4 is 14.8 Å². The minimum Gasteiger partial charge on any atom is -0.496 e. The zero-order valence-electron chi connectivity index (χ0n) is 12.7. The van der Waals surface area contributed by atoms with Gasteiger partial charge in [0.25, 0.3) is 0 Å². The van der Waals surface area contributed by atoms with E-state index in [0.717, 1.165) is 23.6 Å². The summed E-state index contributed by atoms with van der Waals surface area (Å²) < 4.78 is 11.0. The van der Waals surface area contributed by atoms with Crippen molar-refractivity contribution < 1.29 is 9.47 Å². The summed E-state index contributed by atoms with van der Waals surface area (Å²) in [4.78, 5) is 0. The molecule has 19 heavy (non-hydrogen) atoms. The number of methoxy groups -OCH3 is 2. The van der Waals surface area contributed by atoms with Crippen LogP contribution in [0.15, 0.2) is 12.1 Å². The first kappa shape index (κ1) is 14.2. The fourth-order valence-corrected chi connectivity index (χ4v) is 2.67. The highest BCUT2D eigenvalue weighted by atomic mass is 16.5. The van der Waals surface area contributed by atoms with Gasteiger partial charge in [-0.15, -0.1) is 0 Å². The largest absolute Gasteiger partial charge is 0.496 e. The molecule has 0 atom stereocenters. The Morgan fingerprint density at radius 1 is 1.21 bits per heavy atom. The fourth-order valence-electron chi connectivity index (χ4n) is 2.67. The molecule has 0 spiro atoms. The van der Waals surface area contributed by atoms with Crippen LogP contribution in [-0.2, 0) is 5.41 Å². The van der Waals surface area contributed by atoms with Crippen LogP contribution in [0, 0.1) is 6.92 Å². The Morgan fingerprint density at radius 2 is 1.89 bits per heavy atom. The minimum atomic E-state index is 0.257. The van der Waals surface area contributed by atoms with Crippen LogP contribution in [0.5, 0.6) is 11.5 Å². The Balaban J connectivity index is 2.32. The summed E-state index contributed by atoms with van der Waals surface area (Å²) >= 11 is 0. The highest BCUT2D eigenvalue weighted by molar-refractivity contribution is 5.54. The molecular formula is C16H25NO2. The quantitative estimate of drug-likeness (QED) is 0.855. The van der Waals surface area contributed by atoms with Gasteiger partial charge < -0.3 is 14.8 Å². The lowest BCUT2D eigenvalue weighted by Gasteiger charge is -2.23. The van der Waals surface area contributed by atoms with Crippen molar-refractivity contribution in [1.29, 1.82) is 0 Å². The number of nitrogens with one attached hydrogen (secondary N) is 1. The van der Waals surface area contributed by atoms with Crippen LogP contribution in [0.25, 0.3) is 0 Å². The second-order valence-electron chi connectivity index (χ2n) is 5.79. The van der Waals surface area contributed by atoms with Crippen molar-refractivity contribution in [1.82, 2.24) is 5.32 Å². The maximum Gasteiger partial charge on any atom is 0.129 e. The first-order chi connectivity index (χ1) is 9.04. The first-order valence-corrected chi connectivity index (χ1v) is 6.99. The molecule has 0 unspecified atom stereocenters. The average molecular weight is 263 g/mol. The van der Waals surface area contributed by atoms with Gasteiger partial charge >= 0.3 is 0 Å². The summed E-state index contributed by atoms with van der Waals surface area (Å²) in [6.45, 7) is 7.46. The number of benzene rings is 1. The molecule has 0 aromatic heterocycles. The number of rotatable bonds is 6. The molecule has 1 aromatic rings. The second kappa shape index (κ2) is 5.41. The highest BCUT2D eigenvalue weighted by Crippen LogP contribution is 2.52. The van der Waals surface area contributed by atoms with Crippen LogP contribution in [0.3, 0.4) is 0 Å². The lowest BCUT2D eigenvalue weighted by Crippen LogP contribution is -2.32. The molecule has 1 aliphatic carbocycles. The fraction of sp³-hybridized carbons (Fsp3) is 0.625. The topological polar surface area (TPSA) is 30.5 Å². The summed E-state index contributed by atoms with van der Waals surface area (Å²) in [5.74, 6) is 1.88. The van der Waals surface area contributed by atoms with E-state index in [9.17, 15) is 0 Å². The van der Waals surface area contributed by atoms with Gasteiger partial charge in [0.15, 0.2) is 0 Å². The van der Waals surface area contributed by atoms with E-state index in [0.29, 0.717) is 6.04 Å². The number of hydrogen-bond donors (Lipinski definition) is 1. The summed E-state index contributed by atoms with van der Waals surface area (Å²) in [5, 5.41) is 3.56. The predicted molar refractivity (Wildman–Crippen MR) is 78.3 cm³/mol. The van der Waals surface area contributed by atoms with E-state index in [4.69, 9.17) is 9.47 Å². The molecule has 0 saturated heterocycles. The zero-order valence-corrected chi connectivity index (χ0v) is 12.7. The lowest BCUT2D eigenvalue weighted by atomic mass is 9.92. The monoisotopic (exact) mass is 263 g/mol. The van der Waals surface area contributed by atoms with Crippen LogP contribution in [-0.4, -0.2) is 26.8 Å². The summed E-state index contributed by atoms with van der Waals surface area (Å²) in [7, 11) is 3.45. The van der Waals surface area contributed by atoms with E-state index in [2.05, 4.69) is 38.2 Å². The maximum atomic E-state index is 5.64. The van der Waals surface area contributed by atoms with E-state index >= 15 is 0 Å². The van der Waals surface area contributed by atoms with Crippen molar-refractivity contribution >= 4 is 0 Å². The predicted octanol–water partition coefficient (Wildman–Crippen LogP) is 3.04. The second-order valence-corrected chi connectivity index (χ2v) is 5.79. The Bertz CT molecular complexity index is 450. The third-order valence-electron chi connectivity index (χ3n) is 4.05. The zero-order chi connectivity index (χ0) is 14.0. The smallest absolute Gasteiger partial charge is 0.129 e. The number of ether oxygens (including phenoxy) is 2. The molecule has 0 amide bonds. The Hall–Kier alpha value is -1.22. The van der Waals surface area contributed by atoms with Crippen molar-refractivity contribution in [2.45, 2.75) is 45.1 Å². The average Bonchev–Trinajstić information content (AvgIpc) is 3.17. The first-order valence-electron chi connectivity index (χ1n) is 6.99. The molecule has 0 radical (unpaired) electrons. The van der Waals surface area contributed by atoms with Gasteiger partial charge in [0.2, 0.25) is 0 Å². The third kappa shape index (κ3) is 2.71. The van der Waals surface area contributed by atoms with Gasteiger partial charge in [-0.05, 0) is 25.8 Å². The molecule has 0 bridgehead atoms. The normalized spacial score (nSPS) is 16.5. The lowest BCUT2D eigenvalue weighted by molar-refractivity contribution is 0.379. The van der Waals surface area contributed by atoms with Gasteiger partial charge in [-0.25, -0.2) is 0 Å². The Labute approximate surface area is 116 Å². The molecular weight excluding hydrogens is 238 g/mol. The van der Waals surface area contributed by atoms with Gasteiger partial charge in [-0.3, -0.25) is 0 Å². The molecule has 106 valence electrons. The van der Waals surface area contributed by atoms with Crippen LogP contribution in [0.2, 0.25) is 0 Å². The summed E-state index contributed by atoms with van der Waals surface area (Å²) in [5.41, 5.74) is 2.67. The van der Waals surface area contributed by atoms with Crippen molar-refractivity contribution in [3.8, 4) is 11.5 Å².